The van der Waals surface area contributed by atoms with Crippen molar-refractivity contribution in [1.82, 2.24) is 5.32 Å². The normalized spacial score (nSPS) is 14.0. The van der Waals surface area contributed by atoms with Crippen LogP contribution in [-0.4, -0.2) is 17.8 Å². The van der Waals surface area contributed by atoms with Gasteiger partial charge in [0.05, 0.1) is 6.10 Å². The lowest BCUT2D eigenvalue weighted by Crippen LogP contribution is -2.30. The van der Waals surface area contributed by atoms with E-state index >= 15 is 0 Å². The van der Waals surface area contributed by atoms with Crippen LogP contribution in [0.5, 0.6) is 0 Å². The topological polar surface area (TPSA) is 32.3 Å². The predicted molar refractivity (Wildman–Crippen MR) is 79.0 cm³/mol. The van der Waals surface area contributed by atoms with E-state index < -0.39 is 0 Å². The molecule has 0 fully saturated rings. The molecule has 0 saturated carbocycles. The molecule has 0 aromatic heterocycles. The second kappa shape index (κ2) is 7.07. The van der Waals surface area contributed by atoms with Gasteiger partial charge in [-0.05, 0) is 24.5 Å². The average molecular weight is 255 g/mol. The minimum atomic E-state index is -0.331. The molecule has 2 heteroatoms. The van der Waals surface area contributed by atoms with Crippen LogP contribution in [0.25, 0.3) is 0 Å². The Hall–Kier alpha value is -1.64. The molecular weight excluding hydrogens is 234 g/mol. The van der Waals surface area contributed by atoms with Gasteiger partial charge < -0.3 is 10.4 Å². The van der Waals surface area contributed by atoms with Gasteiger partial charge in [-0.25, -0.2) is 0 Å². The van der Waals surface area contributed by atoms with Crippen LogP contribution < -0.4 is 5.32 Å². The van der Waals surface area contributed by atoms with Crippen LogP contribution in [0.3, 0.4) is 0 Å². The maximum Gasteiger partial charge on any atom is 0.0636 e. The minimum Gasteiger partial charge on any atom is -0.392 e. The van der Waals surface area contributed by atoms with Gasteiger partial charge >= 0.3 is 0 Å². The number of aliphatic hydroxyl groups excluding tert-OH is 1. The van der Waals surface area contributed by atoms with Gasteiger partial charge in [0, 0.05) is 12.6 Å². The highest BCUT2D eigenvalue weighted by molar-refractivity contribution is 5.23. The number of nitrogens with one attached hydrogen (secondary N) is 1. The second-order valence-corrected chi connectivity index (χ2v) is 4.91. The lowest BCUT2D eigenvalue weighted by Gasteiger charge is -2.20. The monoisotopic (exact) mass is 255 g/mol. The summed E-state index contributed by atoms with van der Waals surface area (Å²) in [4.78, 5) is 0. The van der Waals surface area contributed by atoms with Crippen molar-refractivity contribution in [1.29, 1.82) is 0 Å². The first-order valence-corrected chi connectivity index (χ1v) is 6.76. The number of hydrogen-bond acceptors (Lipinski definition) is 2. The first kappa shape index (κ1) is 13.8. The molecule has 0 unspecified atom stereocenters. The number of benzene rings is 2. The Bertz CT molecular complexity index is 467. The highest BCUT2D eigenvalue weighted by Crippen LogP contribution is 2.18. The standard InChI is InChI=1S/C17H21NO/c1-14(19)13-18-17(16-10-6-3-7-11-16)12-15-8-4-2-5-9-15/h2-11,14,17-19H,12-13H2,1H3/t14-,17+/m0/s1. The van der Waals surface area contributed by atoms with Crippen molar-refractivity contribution >= 4 is 0 Å². The Kier molecular flexibility index (Phi) is 5.13. The van der Waals surface area contributed by atoms with Gasteiger partial charge in [0.15, 0.2) is 0 Å². The van der Waals surface area contributed by atoms with Crippen molar-refractivity contribution in [3.8, 4) is 0 Å². The van der Waals surface area contributed by atoms with Gasteiger partial charge in [0.25, 0.3) is 0 Å². The summed E-state index contributed by atoms with van der Waals surface area (Å²) in [6, 6.07) is 21.1. The van der Waals surface area contributed by atoms with Crippen molar-refractivity contribution in [2.75, 3.05) is 6.54 Å². The quantitative estimate of drug-likeness (QED) is 0.832. The van der Waals surface area contributed by atoms with Gasteiger partial charge in [-0.15, -0.1) is 0 Å². The van der Waals surface area contributed by atoms with Gasteiger partial charge in [0.1, 0.15) is 0 Å². The Morgan fingerprint density at radius 3 is 2.11 bits per heavy atom. The summed E-state index contributed by atoms with van der Waals surface area (Å²) in [5.41, 5.74) is 2.56. The molecule has 0 radical (unpaired) electrons. The van der Waals surface area contributed by atoms with E-state index in [-0.39, 0.29) is 12.1 Å². The molecular formula is C17H21NO. The minimum absolute atomic E-state index is 0.234. The van der Waals surface area contributed by atoms with E-state index in [9.17, 15) is 5.11 Å². The van der Waals surface area contributed by atoms with E-state index in [1.807, 2.05) is 12.1 Å². The molecule has 2 aromatic carbocycles. The third-order valence-corrected chi connectivity index (χ3v) is 3.14. The molecule has 2 rings (SSSR count). The first-order valence-electron chi connectivity index (χ1n) is 6.76. The second-order valence-electron chi connectivity index (χ2n) is 4.91. The molecule has 0 spiro atoms. The van der Waals surface area contributed by atoms with Crippen molar-refractivity contribution in [3.05, 3.63) is 71.8 Å². The van der Waals surface area contributed by atoms with E-state index in [0.29, 0.717) is 6.54 Å². The van der Waals surface area contributed by atoms with E-state index in [4.69, 9.17) is 0 Å². The molecule has 0 aliphatic carbocycles. The summed E-state index contributed by atoms with van der Waals surface area (Å²) in [5, 5.41) is 12.9. The summed E-state index contributed by atoms with van der Waals surface area (Å²) in [5.74, 6) is 0. The SMILES string of the molecule is C[C@H](O)CN[C@H](Cc1ccccc1)c1ccccc1. The maximum absolute atomic E-state index is 9.45. The highest BCUT2D eigenvalue weighted by Gasteiger charge is 2.12. The van der Waals surface area contributed by atoms with Crippen LogP contribution in [-0.2, 0) is 6.42 Å². The molecule has 19 heavy (non-hydrogen) atoms. The van der Waals surface area contributed by atoms with E-state index in [0.717, 1.165) is 6.42 Å². The molecule has 0 saturated heterocycles. The number of aliphatic hydroxyl groups is 1. The third-order valence-electron chi connectivity index (χ3n) is 3.14. The summed E-state index contributed by atoms with van der Waals surface area (Å²) in [7, 11) is 0. The van der Waals surface area contributed by atoms with Gasteiger partial charge in [-0.2, -0.15) is 0 Å². The molecule has 0 heterocycles. The third kappa shape index (κ3) is 4.51. The maximum atomic E-state index is 9.45. The zero-order chi connectivity index (χ0) is 13.5. The lowest BCUT2D eigenvalue weighted by atomic mass is 9.99. The zero-order valence-corrected chi connectivity index (χ0v) is 11.3. The highest BCUT2D eigenvalue weighted by atomic mass is 16.3. The fraction of sp³-hybridized carbons (Fsp3) is 0.294. The van der Waals surface area contributed by atoms with Crippen molar-refractivity contribution < 1.29 is 5.11 Å². The fourth-order valence-electron chi connectivity index (χ4n) is 2.16. The Morgan fingerprint density at radius 2 is 1.53 bits per heavy atom. The van der Waals surface area contributed by atoms with Gasteiger partial charge in [0.2, 0.25) is 0 Å². The summed E-state index contributed by atoms with van der Waals surface area (Å²) < 4.78 is 0. The van der Waals surface area contributed by atoms with E-state index in [1.165, 1.54) is 11.1 Å². The van der Waals surface area contributed by atoms with Crippen LogP contribution in [0, 0.1) is 0 Å². The van der Waals surface area contributed by atoms with E-state index in [2.05, 4.69) is 53.8 Å². The largest absolute Gasteiger partial charge is 0.392 e. The molecule has 0 aliphatic rings. The molecule has 0 bridgehead atoms. The van der Waals surface area contributed by atoms with Crippen LogP contribution in [0.2, 0.25) is 0 Å². The van der Waals surface area contributed by atoms with Crippen LogP contribution >= 0.6 is 0 Å². The van der Waals surface area contributed by atoms with Crippen molar-refractivity contribution in [2.24, 2.45) is 0 Å². The molecule has 0 aliphatic heterocycles. The lowest BCUT2D eigenvalue weighted by molar-refractivity contribution is 0.186. The summed E-state index contributed by atoms with van der Waals surface area (Å²) in [6.07, 6.45) is 0.597. The summed E-state index contributed by atoms with van der Waals surface area (Å²) >= 11 is 0. The Labute approximate surface area is 115 Å². The Morgan fingerprint density at radius 1 is 0.947 bits per heavy atom. The smallest absolute Gasteiger partial charge is 0.0636 e. The first-order chi connectivity index (χ1) is 9.25. The molecule has 2 atom stereocenters. The predicted octanol–water partition coefficient (Wildman–Crippen LogP) is 2.94. The van der Waals surface area contributed by atoms with Crippen molar-refractivity contribution in [3.63, 3.8) is 0 Å². The van der Waals surface area contributed by atoms with Gasteiger partial charge in [-0.3, -0.25) is 0 Å². The van der Waals surface area contributed by atoms with Crippen LogP contribution in [0.4, 0.5) is 0 Å². The van der Waals surface area contributed by atoms with Crippen molar-refractivity contribution in [2.45, 2.75) is 25.5 Å². The molecule has 0 amide bonds. The zero-order valence-electron chi connectivity index (χ0n) is 11.3. The molecule has 2 N–H and O–H groups in total. The number of rotatable bonds is 6. The van der Waals surface area contributed by atoms with E-state index in [1.54, 1.807) is 6.92 Å². The summed E-state index contributed by atoms with van der Waals surface area (Å²) in [6.45, 7) is 2.41. The fourth-order valence-corrected chi connectivity index (χ4v) is 2.16. The van der Waals surface area contributed by atoms with Crippen LogP contribution in [0.1, 0.15) is 24.1 Å². The molecule has 2 nitrogen and oxygen atoms in total. The molecule has 100 valence electrons. The average Bonchev–Trinajstić information content (AvgIpc) is 2.45. The molecule has 2 aromatic rings. The van der Waals surface area contributed by atoms with Gasteiger partial charge in [-0.1, -0.05) is 60.7 Å². The number of hydrogen-bond donors (Lipinski definition) is 2. The van der Waals surface area contributed by atoms with Crippen LogP contribution in [0.15, 0.2) is 60.7 Å². The Balaban J connectivity index is 2.10.